The van der Waals surface area contributed by atoms with Crippen LogP contribution in [-0.2, 0) is 21.1 Å². The van der Waals surface area contributed by atoms with Gasteiger partial charge in [-0.1, -0.05) is 147 Å². The van der Waals surface area contributed by atoms with Crippen LogP contribution < -0.4 is 13.7 Å². The van der Waals surface area contributed by atoms with Gasteiger partial charge in [0.05, 0.1) is 0 Å². The molecule has 9 unspecified atom stereocenters. The fourth-order valence-corrected chi connectivity index (χ4v) is 16.1. The number of fused-ring (bicyclic) bond motifs is 6. The van der Waals surface area contributed by atoms with Gasteiger partial charge < -0.3 is 0 Å². The lowest BCUT2D eigenvalue weighted by molar-refractivity contribution is -0.660. The van der Waals surface area contributed by atoms with Crippen molar-refractivity contribution in [1.82, 2.24) is 0 Å². The van der Waals surface area contributed by atoms with E-state index in [9.17, 15) is 0 Å². The molecule has 0 amide bonds. The molecule has 6 saturated carbocycles. The molecule has 6 aromatic carbocycles. The summed E-state index contributed by atoms with van der Waals surface area (Å²) in [4.78, 5) is 0. The molecule has 0 N–H and O–H groups in total. The number of rotatable bonds is 9. The third-order valence-corrected chi connectivity index (χ3v) is 20.7. The number of nitrogens with zero attached hydrogens (tertiary/aromatic N) is 3. The second-order valence-corrected chi connectivity index (χ2v) is 25.7. The molecule has 0 aliphatic heterocycles. The first kappa shape index (κ1) is 51.9. The Hall–Kier alpha value is -7.23. The van der Waals surface area contributed by atoms with Crippen LogP contribution in [0.5, 0.6) is 0 Å². The Balaban J connectivity index is 0.000000115. The van der Waals surface area contributed by atoms with Crippen LogP contribution in [0, 0.1) is 56.3 Å². The monoisotopic (exact) mass is 1060 g/mol. The van der Waals surface area contributed by atoms with Crippen molar-refractivity contribution in [2.45, 2.75) is 116 Å². The van der Waals surface area contributed by atoms with Crippen LogP contribution in [0.3, 0.4) is 0 Å². The second-order valence-electron chi connectivity index (χ2n) is 25.7. The maximum absolute atomic E-state index is 9.08. The molecule has 15 rings (SSSR count). The van der Waals surface area contributed by atoms with Gasteiger partial charge in [0.2, 0.25) is 17.1 Å². The van der Waals surface area contributed by atoms with Crippen molar-refractivity contribution in [3.05, 3.63) is 234 Å². The Morgan fingerprint density at radius 1 is 0.321 bits per heavy atom. The minimum absolute atomic E-state index is 0.350. The van der Waals surface area contributed by atoms with Crippen molar-refractivity contribution in [3.63, 3.8) is 0 Å². The van der Waals surface area contributed by atoms with E-state index in [0.29, 0.717) is 5.92 Å². The molecule has 6 fully saturated rings. The Morgan fingerprint density at radius 3 is 0.938 bits per heavy atom. The predicted octanol–water partition coefficient (Wildman–Crippen LogP) is 18.2. The first-order valence-electron chi connectivity index (χ1n) is 31.4. The lowest BCUT2D eigenvalue weighted by Crippen LogP contribution is -2.30. The largest absolute Gasteiger partial charge is 0.213 e. The summed E-state index contributed by atoms with van der Waals surface area (Å²) in [6.07, 6.45) is 23.0. The maximum Gasteiger partial charge on any atom is 0.213 e. The van der Waals surface area contributed by atoms with Crippen LogP contribution >= 0.6 is 0 Å². The zero-order chi connectivity index (χ0) is 56.1. The summed E-state index contributed by atoms with van der Waals surface area (Å²) in [5.41, 5.74) is 23.6. The van der Waals surface area contributed by atoms with Crippen molar-refractivity contribution in [3.8, 4) is 67.2 Å². The molecular formula is C78H84N3+3. The molecule has 0 saturated heterocycles. The van der Waals surface area contributed by atoms with Crippen molar-refractivity contribution in [1.29, 1.82) is 0 Å². The van der Waals surface area contributed by atoms with E-state index in [1.807, 2.05) is 0 Å². The van der Waals surface area contributed by atoms with E-state index in [2.05, 4.69) is 256 Å². The number of pyridine rings is 3. The molecule has 3 heterocycles. The van der Waals surface area contributed by atoms with Gasteiger partial charge in [-0.2, -0.15) is 0 Å². The molecule has 3 heteroatoms. The second kappa shape index (κ2) is 23.0. The Morgan fingerprint density at radius 2 is 0.642 bits per heavy atom. The molecule has 0 radical (unpaired) electrons. The summed E-state index contributed by atoms with van der Waals surface area (Å²) < 4.78 is 15.7. The topological polar surface area (TPSA) is 11.6 Å². The number of aromatic nitrogens is 3. The Labute approximate surface area is 485 Å². The number of aryl methyl sites for hydroxylation is 6. The molecule has 3 aromatic heterocycles. The molecule has 0 spiro atoms. The zero-order valence-corrected chi connectivity index (χ0v) is 49.0. The summed E-state index contributed by atoms with van der Waals surface area (Å²) in [5, 5.41) is 0. The van der Waals surface area contributed by atoms with E-state index in [-0.39, 0.29) is 5.89 Å². The average Bonchev–Trinajstić information content (AvgIpc) is 4.59. The first-order chi connectivity index (χ1) is 39.9. The summed E-state index contributed by atoms with van der Waals surface area (Å²) in [6.45, 7) is 6.54. The van der Waals surface area contributed by atoms with E-state index in [1.165, 1.54) is 160 Å². The van der Waals surface area contributed by atoms with Crippen molar-refractivity contribution in [2.75, 3.05) is 0 Å². The standard InChI is InChI=1S/3C26H28N/c3*1-18-5-3-4-6-24(18)26-17-22(13-14-27(26)2)20-9-11-21(12-10-20)25-16-19-7-8-23(25)15-19/h3*3-6,9-14,17,19,23,25H,7-8,15-16H2,1-2H3/q3*+1/i25D;;. The molecular weight excluding hydrogens is 979 g/mol. The molecule has 6 aliphatic rings. The fourth-order valence-electron chi connectivity index (χ4n) is 16.1. The van der Waals surface area contributed by atoms with Crippen LogP contribution in [0.2, 0.25) is 0 Å². The first-order valence-corrected chi connectivity index (χ1v) is 30.9. The van der Waals surface area contributed by atoms with Gasteiger partial charge in [0.25, 0.3) is 0 Å². The minimum atomic E-state index is -0.350. The SMILES string of the molecule is Cc1ccccc1-c1cc(-c2ccc(C3CC4CCC3C4)cc2)cc[n+]1C.Cc1ccccc1-c1cc(-c2ccc(C3CC4CCC3C4)cc2)cc[n+]1C.[2H]C1(c2ccc(-c3cc[n+](C)c(-c4ccccc4C)c3)cc2)CC2CCC1C2. The molecule has 81 heavy (non-hydrogen) atoms. The third-order valence-electron chi connectivity index (χ3n) is 20.7. The van der Waals surface area contributed by atoms with Crippen molar-refractivity contribution in [2.24, 2.45) is 56.7 Å². The molecule has 6 bridgehead atoms. The normalized spacial score (nSPS) is 24.8. The average molecular weight is 1060 g/mol. The fraction of sp³-hybridized carbons (Fsp3) is 0.346. The number of hydrogen-bond acceptors (Lipinski definition) is 0. The molecule has 6 aliphatic carbocycles. The van der Waals surface area contributed by atoms with Gasteiger partial charge in [-0.25, -0.2) is 13.7 Å². The quantitative estimate of drug-likeness (QED) is 0.128. The van der Waals surface area contributed by atoms with Gasteiger partial charge in [0.1, 0.15) is 21.1 Å². The van der Waals surface area contributed by atoms with Crippen LogP contribution in [-0.4, -0.2) is 0 Å². The number of benzene rings is 6. The van der Waals surface area contributed by atoms with Crippen LogP contribution in [0.15, 0.2) is 201 Å². The molecule has 9 aromatic rings. The lowest BCUT2D eigenvalue weighted by Gasteiger charge is -2.22. The van der Waals surface area contributed by atoms with E-state index in [0.717, 1.165) is 47.8 Å². The minimum Gasteiger partial charge on any atom is -0.201 e. The zero-order valence-electron chi connectivity index (χ0n) is 50.0. The van der Waals surface area contributed by atoms with Gasteiger partial charge in [0.15, 0.2) is 18.6 Å². The van der Waals surface area contributed by atoms with Gasteiger partial charge in [-0.05, 0) is 217 Å². The highest BCUT2D eigenvalue weighted by atomic mass is 14.9. The van der Waals surface area contributed by atoms with E-state index < -0.39 is 0 Å². The van der Waals surface area contributed by atoms with Crippen LogP contribution in [0.25, 0.3) is 67.2 Å². The number of hydrogen-bond donors (Lipinski definition) is 0. The summed E-state index contributed by atoms with van der Waals surface area (Å²) in [5.74, 6) is 6.53. The van der Waals surface area contributed by atoms with Crippen molar-refractivity contribution >= 4 is 0 Å². The van der Waals surface area contributed by atoms with E-state index in [4.69, 9.17) is 1.37 Å². The highest BCUT2D eigenvalue weighted by Crippen LogP contribution is 2.55. The van der Waals surface area contributed by atoms with Gasteiger partial charge in [-0.15, -0.1) is 0 Å². The third kappa shape index (κ3) is 11.0. The summed E-state index contributed by atoms with van der Waals surface area (Å²) in [7, 11) is 6.36. The lowest BCUT2D eigenvalue weighted by atomic mass is 9.83. The Bertz CT molecular complexity index is 3580. The summed E-state index contributed by atoms with van der Waals surface area (Å²) >= 11 is 0. The maximum atomic E-state index is 9.08. The van der Waals surface area contributed by atoms with E-state index >= 15 is 0 Å². The van der Waals surface area contributed by atoms with Crippen molar-refractivity contribution < 1.29 is 15.1 Å². The van der Waals surface area contributed by atoms with Gasteiger partial charge in [0, 0.05) is 54.5 Å². The highest BCUT2D eigenvalue weighted by molar-refractivity contribution is 5.73. The molecule has 9 atom stereocenters. The molecule has 3 nitrogen and oxygen atoms in total. The molecule has 408 valence electrons. The van der Waals surface area contributed by atoms with Gasteiger partial charge in [-0.3, -0.25) is 0 Å². The highest BCUT2D eigenvalue weighted by Gasteiger charge is 2.42. The van der Waals surface area contributed by atoms with Crippen LogP contribution in [0.1, 0.15) is 130 Å². The van der Waals surface area contributed by atoms with E-state index in [1.54, 1.807) is 11.1 Å². The smallest absolute Gasteiger partial charge is 0.201 e. The van der Waals surface area contributed by atoms with Crippen LogP contribution in [0.4, 0.5) is 0 Å². The Kier molecular flexibility index (Phi) is 14.7. The van der Waals surface area contributed by atoms with Gasteiger partial charge >= 0.3 is 0 Å². The predicted molar refractivity (Wildman–Crippen MR) is 334 cm³/mol. The summed E-state index contributed by atoms with van der Waals surface area (Å²) in [6, 6.07) is 67.2.